The molecule has 0 N–H and O–H groups in total. The molecule has 1 aliphatic carbocycles. The van der Waals surface area contributed by atoms with Crippen molar-refractivity contribution in [1.82, 2.24) is 0 Å². The molecule has 2 nitrogen and oxygen atoms in total. The van der Waals surface area contributed by atoms with Gasteiger partial charge in [-0.3, -0.25) is 0 Å². The van der Waals surface area contributed by atoms with Crippen LogP contribution in [0.5, 0.6) is 0 Å². The monoisotopic (exact) mass is 443 g/mol. The summed E-state index contributed by atoms with van der Waals surface area (Å²) in [5, 5.41) is 0. The van der Waals surface area contributed by atoms with E-state index in [9.17, 15) is 4.79 Å². The number of hydrogen-bond acceptors (Lipinski definition) is 2. The van der Waals surface area contributed by atoms with Crippen LogP contribution < -0.4 is 0 Å². The van der Waals surface area contributed by atoms with E-state index in [2.05, 4.69) is 43.1 Å². The van der Waals surface area contributed by atoms with Gasteiger partial charge < -0.3 is 0 Å². The van der Waals surface area contributed by atoms with Crippen LogP contribution in [0.1, 0.15) is 136 Å². The zero-order valence-corrected chi connectivity index (χ0v) is 21.5. The van der Waals surface area contributed by atoms with E-state index in [0.29, 0.717) is 6.54 Å². The lowest BCUT2D eigenvalue weighted by Crippen LogP contribution is -2.22. The predicted octanol–water partition coefficient (Wildman–Crippen LogP) is 9.75. The number of rotatable bonds is 20. The molecule has 0 saturated heterocycles. The molecule has 0 heterocycles. The van der Waals surface area contributed by atoms with E-state index < -0.39 is 0 Å². The van der Waals surface area contributed by atoms with Crippen molar-refractivity contribution in [3.8, 4) is 0 Å². The van der Waals surface area contributed by atoms with Crippen molar-refractivity contribution in [2.75, 3.05) is 6.54 Å². The predicted molar refractivity (Wildman–Crippen MR) is 141 cm³/mol. The molecule has 0 bridgehead atoms. The summed E-state index contributed by atoms with van der Waals surface area (Å²) in [6.45, 7) is 5.24. The number of aliphatic imine (C=N–C) groups is 1. The van der Waals surface area contributed by atoms with Crippen LogP contribution in [0.4, 0.5) is 0 Å². The van der Waals surface area contributed by atoms with Crippen LogP contribution in [0.3, 0.4) is 0 Å². The molecule has 2 heteroatoms. The van der Waals surface area contributed by atoms with Crippen LogP contribution in [-0.2, 0) is 4.79 Å². The summed E-state index contributed by atoms with van der Waals surface area (Å²) < 4.78 is 0. The Bertz CT molecular complexity index is 517. The molecule has 1 saturated carbocycles. The van der Waals surface area contributed by atoms with E-state index in [-0.39, 0.29) is 0 Å². The Hall–Kier alpha value is -1.14. The molecule has 1 aliphatic rings. The summed E-state index contributed by atoms with van der Waals surface area (Å²) in [5.41, 5.74) is 0. The Labute approximate surface area is 200 Å². The molecule has 0 aromatic rings. The van der Waals surface area contributed by atoms with E-state index >= 15 is 0 Å². The zero-order chi connectivity index (χ0) is 23.1. The van der Waals surface area contributed by atoms with E-state index in [1.54, 1.807) is 6.08 Å². The van der Waals surface area contributed by atoms with Gasteiger partial charge in [0.15, 0.2) is 0 Å². The van der Waals surface area contributed by atoms with Gasteiger partial charge in [0.2, 0.25) is 6.08 Å². The summed E-state index contributed by atoms with van der Waals surface area (Å²) in [7, 11) is 0. The number of hydrogen-bond donors (Lipinski definition) is 0. The van der Waals surface area contributed by atoms with Crippen LogP contribution in [0.25, 0.3) is 0 Å². The molecular formula is C30H53NO. The van der Waals surface area contributed by atoms with Crippen LogP contribution in [0, 0.1) is 17.8 Å². The van der Waals surface area contributed by atoms with Crippen molar-refractivity contribution in [3.05, 3.63) is 24.3 Å². The maximum atomic E-state index is 10.1. The third-order valence-electron chi connectivity index (χ3n) is 7.23. The summed E-state index contributed by atoms with van der Waals surface area (Å²) in [5.74, 6) is 2.48. The highest BCUT2D eigenvalue weighted by molar-refractivity contribution is 5.32. The number of isocyanates is 1. The Morgan fingerprint density at radius 2 is 1.31 bits per heavy atom. The minimum atomic E-state index is 0.661. The first-order chi connectivity index (χ1) is 15.8. The van der Waals surface area contributed by atoms with Gasteiger partial charge in [-0.1, -0.05) is 109 Å². The van der Waals surface area contributed by atoms with Crippen LogP contribution >= 0.6 is 0 Å². The standard InChI is InChI=1S/C30H53NO/c1-3-5-7-12-17-21-29-24-23-28(26-30(29)22-18-13-8-6-4-2)20-16-14-10-9-11-15-19-25-31-27-32/h17-18,21-22,28-30H,3-16,19-20,23-26H2,1-2H3. The summed E-state index contributed by atoms with van der Waals surface area (Å²) in [6, 6.07) is 0. The molecule has 184 valence electrons. The van der Waals surface area contributed by atoms with Gasteiger partial charge in [0.05, 0.1) is 6.54 Å². The van der Waals surface area contributed by atoms with Crippen molar-refractivity contribution < 1.29 is 4.79 Å². The van der Waals surface area contributed by atoms with E-state index in [4.69, 9.17) is 0 Å². The van der Waals surface area contributed by atoms with Crippen molar-refractivity contribution >= 4 is 6.08 Å². The fourth-order valence-corrected chi connectivity index (χ4v) is 5.16. The van der Waals surface area contributed by atoms with Gasteiger partial charge in [-0.25, -0.2) is 9.79 Å². The summed E-state index contributed by atoms with van der Waals surface area (Å²) in [4.78, 5) is 13.7. The van der Waals surface area contributed by atoms with Gasteiger partial charge in [0, 0.05) is 0 Å². The first-order valence-electron chi connectivity index (χ1n) is 14.2. The fourth-order valence-electron chi connectivity index (χ4n) is 5.16. The smallest absolute Gasteiger partial charge is 0.211 e. The third-order valence-corrected chi connectivity index (χ3v) is 7.23. The molecule has 0 amide bonds. The minimum absolute atomic E-state index is 0.661. The zero-order valence-electron chi connectivity index (χ0n) is 21.5. The summed E-state index contributed by atoms with van der Waals surface area (Å²) >= 11 is 0. The number of allylic oxidation sites excluding steroid dienone is 4. The first kappa shape index (κ1) is 28.9. The maximum absolute atomic E-state index is 10.1. The van der Waals surface area contributed by atoms with Crippen LogP contribution in [0.15, 0.2) is 29.3 Å². The Balaban J connectivity index is 2.31. The fraction of sp³-hybridized carbons (Fsp3) is 0.833. The SMILES string of the molecule is CCCCCC=CC1CCC(CCCCCCCCCN=C=O)CC1C=CCCCCC. The lowest BCUT2D eigenvalue weighted by Gasteiger charge is -2.33. The van der Waals surface area contributed by atoms with E-state index in [0.717, 1.165) is 24.2 Å². The van der Waals surface area contributed by atoms with Gasteiger partial charge in [-0.2, -0.15) is 0 Å². The molecule has 0 spiro atoms. The normalized spacial score (nSPS) is 21.4. The quantitative estimate of drug-likeness (QED) is 0.0796. The molecule has 3 unspecified atom stereocenters. The average molecular weight is 444 g/mol. The van der Waals surface area contributed by atoms with Gasteiger partial charge in [0.1, 0.15) is 0 Å². The topological polar surface area (TPSA) is 29.4 Å². The highest BCUT2D eigenvalue weighted by Crippen LogP contribution is 2.38. The number of unbranched alkanes of at least 4 members (excludes halogenated alkanes) is 12. The van der Waals surface area contributed by atoms with Crippen LogP contribution in [0.2, 0.25) is 0 Å². The maximum Gasteiger partial charge on any atom is 0.234 e. The van der Waals surface area contributed by atoms with Crippen molar-refractivity contribution in [3.63, 3.8) is 0 Å². The highest BCUT2D eigenvalue weighted by atomic mass is 16.1. The Morgan fingerprint density at radius 3 is 1.94 bits per heavy atom. The molecular weight excluding hydrogens is 390 g/mol. The molecule has 0 aliphatic heterocycles. The minimum Gasteiger partial charge on any atom is -0.211 e. The van der Waals surface area contributed by atoms with Gasteiger partial charge in [0.25, 0.3) is 0 Å². The van der Waals surface area contributed by atoms with E-state index in [1.165, 1.54) is 116 Å². The second-order valence-electron chi connectivity index (χ2n) is 10.1. The average Bonchev–Trinajstić information content (AvgIpc) is 2.81. The van der Waals surface area contributed by atoms with Crippen molar-refractivity contribution in [2.24, 2.45) is 22.7 Å². The molecule has 0 aromatic carbocycles. The number of carbonyl (C=O) groups excluding carboxylic acids is 1. The molecule has 0 aromatic heterocycles. The van der Waals surface area contributed by atoms with Crippen molar-refractivity contribution in [2.45, 2.75) is 136 Å². The first-order valence-corrected chi connectivity index (χ1v) is 14.2. The second-order valence-corrected chi connectivity index (χ2v) is 10.1. The highest BCUT2D eigenvalue weighted by Gasteiger charge is 2.26. The van der Waals surface area contributed by atoms with E-state index in [1.807, 2.05) is 0 Å². The second kappa shape index (κ2) is 21.7. The Morgan fingerprint density at radius 1 is 0.719 bits per heavy atom. The van der Waals surface area contributed by atoms with Gasteiger partial charge >= 0.3 is 0 Å². The lowest BCUT2D eigenvalue weighted by molar-refractivity contribution is 0.236. The molecule has 3 atom stereocenters. The van der Waals surface area contributed by atoms with Crippen LogP contribution in [-0.4, -0.2) is 12.6 Å². The number of nitrogens with zero attached hydrogens (tertiary/aromatic N) is 1. The van der Waals surface area contributed by atoms with Gasteiger partial charge in [-0.05, 0) is 69.1 Å². The van der Waals surface area contributed by atoms with Gasteiger partial charge in [-0.15, -0.1) is 0 Å². The largest absolute Gasteiger partial charge is 0.234 e. The molecule has 1 rings (SSSR count). The summed E-state index contributed by atoms with van der Waals surface area (Å²) in [6.07, 6.45) is 37.1. The molecule has 0 radical (unpaired) electrons. The lowest BCUT2D eigenvalue weighted by atomic mass is 9.72. The molecule has 1 fully saturated rings. The third kappa shape index (κ3) is 15.6. The Kier molecular flexibility index (Phi) is 19.6. The van der Waals surface area contributed by atoms with Crippen molar-refractivity contribution in [1.29, 1.82) is 0 Å². The molecule has 32 heavy (non-hydrogen) atoms.